The Labute approximate surface area is 468 Å². The van der Waals surface area contributed by atoms with E-state index in [1.807, 2.05) is 37.3 Å². The van der Waals surface area contributed by atoms with Crippen molar-refractivity contribution in [3.8, 4) is 45.0 Å². The minimum Gasteiger partial charge on any atom is -0.397 e. The van der Waals surface area contributed by atoms with Crippen molar-refractivity contribution in [2.45, 2.75) is 13.8 Å². The van der Waals surface area contributed by atoms with E-state index in [1.165, 1.54) is 18.3 Å². The summed E-state index contributed by atoms with van der Waals surface area (Å²) in [5.74, 6) is -1.54. The molecule has 12 rings (SSSR count). The van der Waals surface area contributed by atoms with Crippen LogP contribution in [0.3, 0.4) is 0 Å². The summed E-state index contributed by atoms with van der Waals surface area (Å²) >= 11 is 0. The molecule has 416 valence electrons. The lowest BCUT2D eigenvalue weighted by atomic mass is 10.0. The van der Waals surface area contributed by atoms with Gasteiger partial charge in [0.2, 0.25) is 10.0 Å². The highest BCUT2D eigenvalue weighted by molar-refractivity contribution is 7.92. The predicted molar refractivity (Wildman–Crippen MR) is 310 cm³/mol. The van der Waals surface area contributed by atoms with Gasteiger partial charge in [0.25, 0.3) is 0 Å². The number of nitrogens with two attached hydrogens (primary N) is 1. The molecule has 10 heterocycles. The maximum absolute atomic E-state index is 15.5. The Hall–Kier alpha value is -9.45. The second-order valence-corrected chi connectivity index (χ2v) is 21.1. The van der Waals surface area contributed by atoms with Gasteiger partial charge in [-0.05, 0) is 50.2 Å². The number of rotatable bonds is 12. The normalized spacial score (nSPS) is 13.6. The maximum Gasteiger partial charge on any atom is 0.229 e. The number of morpholine rings is 2. The Morgan fingerprint density at radius 2 is 1.02 bits per heavy atom. The molecule has 10 aromatic rings. The molecule has 8 aromatic heterocycles. The van der Waals surface area contributed by atoms with Gasteiger partial charge < -0.3 is 35.6 Å². The topological polar surface area (TPSA) is 224 Å². The summed E-state index contributed by atoms with van der Waals surface area (Å²) in [5.41, 5.74) is 15.1. The zero-order valence-corrected chi connectivity index (χ0v) is 45.3. The van der Waals surface area contributed by atoms with Crippen molar-refractivity contribution in [2.24, 2.45) is 0 Å². The predicted octanol–water partition coefficient (Wildman–Crippen LogP) is 10.8. The van der Waals surface area contributed by atoms with Gasteiger partial charge in [-0.1, -0.05) is 12.1 Å². The Morgan fingerprint density at radius 3 is 1.46 bits per heavy atom. The van der Waals surface area contributed by atoms with Gasteiger partial charge >= 0.3 is 0 Å². The summed E-state index contributed by atoms with van der Waals surface area (Å²) in [4.78, 5) is 40.1. The van der Waals surface area contributed by atoms with Crippen molar-refractivity contribution in [2.75, 3.05) is 89.8 Å². The Kier molecular flexibility index (Phi) is 15.5. The van der Waals surface area contributed by atoms with Gasteiger partial charge in [-0.2, -0.15) is 0 Å². The average molecular weight is 1130 g/mol. The summed E-state index contributed by atoms with van der Waals surface area (Å²) in [6, 6.07) is 22.1. The van der Waals surface area contributed by atoms with Crippen molar-refractivity contribution >= 4 is 77.6 Å². The van der Waals surface area contributed by atoms with Crippen LogP contribution in [0, 0.1) is 37.1 Å². The van der Waals surface area contributed by atoms with Crippen LogP contribution in [0.15, 0.2) is 135 Å². The first-order valence-corrected chi connectivity index (χ1v) is 27.8. The van der Waals surface area contributed by atoms with Gasteiger partial charge in [0, 0.05) is 139 Å². The zero-order valence-electron chi connectivity index (χ0n) is 44.5. The van der Waals surface area contributed by atoms with E-state index < -0.39 is 33.3 Å². The molecule has 2 saturated heterocycles. The van der Waals surface area contributed by atoms with E-state index in [1.54, 1.807) is 80.6 Å². The lowest BCUT2D eigenvalue weighted by Gasteiger charge is -2.28. The number of aromatic nitrogens is 8. The van der Waals surface area contributed by atoms with Crippen molar-refractivity contribution in [1.29, 1.82) is 0 Å². The fraction of sp³-hybridized carbons (Fsp3) is 0.186. The van der Waals surface area contributed by atoms with Gasteiger partial charge in [0.15, 0.2) is 0 Å². The average Bonchev–Trinajstić information content (AvgIpc) is 3.67. The van der Waals surface area contributed by atoms with Crippen LogP contribution in [-0.4, -0.2) is 107 Å². The molecule has 0 aliphatic carbocycles. The molecule has 82 heavy (non-hydrogen) atoms. The van der Waals surface area contributed by atoms with Crippen LogP contribution in [0.25, 0.3) is 66.8 Å². The fourth-order valence-corrected chi connectivity index (χ4v) is 10.4. The largest absolute Gasteiger partial charge is 0.397 e. The third kappa shape index (κ3) is 11.9. The van der Waals surface area contributed by atoms with Crippen molar-refractivity contribution in [1.82, 2.24) is 39.9 Å². The van der Waals surface area contributed by atoms with Crippen LogP contribution in [0.4, 0.5) is 63.3 Å². The van der Waals surface area contributed by atoms with E-state index in [0.717, 1.165) is 35.3 Å². The molecule has 0 atom stereocenters. The molecule has 0 radical (unpaired) electrons. The van der Waals surface area contributed by atoms with Crippen LogP contribution in [-0.2, 0) is 19.5 Å². The number of anilines is 8. The van der Waals surface area contributed by atoms with Crippen molar-refractivity contribution in [3.05, 3.63) is 169 Å². The Balaban J connectivity index is 0.000000173. The van der Waals surface area contributed by atoms with Crippen LogP contribution in [0.2, 0.25) is 0 Å². The highest BCUT2D eigenvalue weighted by atomic mass is 32.2. The first kappa shape index (κ1) is 54.5. The number of nitrogens with zero attached hydrogens (tertiary/aromatic N) is 10. The standard InChI is InChI=1S/C30H27F2N7O3S.C29H25F2N7O/c1-18-29(24-5-3-4-6-34-24)37-26-13-20(31)12-23(32)28(26)30(18)36-25-14-27(39-7-9-42-10-8-39)35-17-22(25)19-11-21(16-33-15-19)38-43(2,40)41;1-17-28(23-4-2-3-5-34-23)37-25-12-19(30)11-22(31)27(25)29(17)36-24-13-26(38-6-8-39-9-7-38)35-16-21(24)18-10-20(32)15-33-14-18/h3-6,11-17,38H,7-10H2,1-2H3,(H,35,36,37);2-5,10-16H,6-9,32H2,1H3,(H,35,36,37). The molecule has 0 bridgehead atoms. The number of benzene rings is 2. The molecule has 2 aromatic carbocycles. The number of hydrogen-bond donors (Lipinski definition) is 4. The number of halogens is 4. The van der Waals surface area contributed by atoms with Crippen LogP contribution < -0.4 is 30.9 Å². The number of nitrogen functional groups attached to an aromatic ring is 1. The highest BCUT2D eigenvalue weighted by Crippen LogP contribution is 2.42. The Bertz CT molecular complexity index is 4140. The van der Waals surface area contributed by atoms with E-state index >= 15 is 8.78 Å². The van der Waals surface area contributed by atoms with Gasteiger partial charge in [0.05, 0.1) is 118 Å². The zero-order chi connectivity index (χ0) is 57.1. The summed E-state index contributed by atoms with van der Waals surface area (Å²) in [6.45, 7) is 8.60. The molecule has 2 fully saturated rings. The number of sulfonamides is 1. The van der Waals surface area contributed by atoms with Crippen molar-refractivity contribution < 1.29 is 35.5 Å². The number of hydrogen-bond acceptors (Lipinski definition) is 17. The first-order valence-electron chi connectivity index (χ1n) is 25.9. The van der Waals surface area contributed by atoms with Crippen molar-refractivity contribution in [3.63, 3.8) is 0 Å². The molecule has 5 N–H and O–H groups in total. The molecule has 0 amide bonds. The van der Waals surface area contributed by atoms with E-state index in [4.69, 9.17) is 20.2 Å². The first-order chi connectivity index (χ1) is 39.6. The van der Waals surface area contributed by atoms with Crippen LogP contribution in [0.5, 0.6) is 0 Å². The lowest BCUT2D eigenvalue weighted by molar-refractivity contribution is 0.122. The molecule has 0 saturated carbocycles. The van der Waals surface area contributed by atoms with E-state index in [9.17, 15) is 17.2 Å². The number of pyridine rings is 8. The minimum absolute atomic E-state index is 0.111. The minimum atomic E-state index is -3.55. The van der Waals surface area contributed by atoms with Gasteiger partial charge in [-0.15, -0.1) is 0 Å². The summed E-state index contributed by atoms with van der Waals surface area (Å²) < 4.78 is 96.8. The highest BCUT2D eigenvalue weighted by Gasteiger charge is 2.24. The second kappa shape index (κ2) is 23.3. The number of ether oxygens (including phenoxy) is 2. The SMILES string of the molecule is Cc1c(-c2ccccn2)nc2cc(F)cc(F)c2c1Nc1cc(N2CCOCC2)ncc1-c1cncc(N)c1.Cc1c(-c2ccccn2)nc2cc(F)cc(F)c2c1Nc1cc(N2CCOCC2)ncc1-c1cncc(NS(C)(=O)=O)c1. The van der Waals surface area contributed by atoms with Gasteiger partial charge in [-0.25, -0.2) is 45.9 Å². The monoisotopic (exact) mass is 1130 g/mol. The number of fused-ring (bicyclic) bond motifs is 2. The maximum atomic E-state index is 15.5. The molecule has 0 unspecified atom stereocenters. The molecular formula is C59H52F4N14O4S. The smallest absolute Gasteiger partial charge is 0.229 e. The van der Waals surface area contributed by atoms with E-state index in [2.05, 4.69) is 60.0 Å². The molecule has 18 nitrogen and oxygen atoms in total. The van der Waals surface area contributed by atoms with Crippen LogP contribution >= 0.6 is 0 Å². The molecule has 23 heteroatoms. The third-order valence-corrected chi connectivity index (χ3v) is 14.3. The lowest BCUT2D eigenvalue weighted by Crippen LogP contribution is -2.36. The van der Waals surface area contributed by atoms with E-state index in [-0.39, 0.29) is 27.5 Å². The fourth-order valence-electron chi connectivity index (χ4n) is 9.85. The summed E-state index contributed by atoms with van der Waals surface area (Å²) in [5, 5.41) is 7.15. The van der Waals surface area contributed by atoms with Crippen LogP contribution in [0.1, 0.15) is 11.1 Å². The number of nitrogens with one attached hydrogen (secondary N) is 3. The molecule has 2 aliphatic rings. The quantitative estimate of drug-likeness (QED) is 0.0835. The summed E-state index contributed by atoms with van der Waals surface area (Å²) in [7, 11) is -3.55. The van der Waals surface area contributed by atoms with Gasteiger partial charge in [-0.3, -0.25) is 24.7 Å². The molecular weight excluding hydrogens is 1080 g/mol. The molecule has 2 aliphatic heterocycles. The van der Waals surface area contributed by atoms with E-state index in [0.29, 0.717) is 132 Å². The summed E-state index contributed by atoms with van der Waals surface area (Å²) in [6.07, 6.45) is 14.0. The second-order valence-electron chi connectivity index (χ2n) is 19.4. The third-order valence-electron chi connectivity index (χ3n) is 13.7. The molecule has 0 spiro atoms. The van der Waals surface area contributed by atoms with Gasteiger partial charge in [0.1, 0.15) is 34.9 Å². The Morgan fingerprint density at radius 1 is 0.561 bits per heavy atom.